The Morgan fingerprint density at radius 3 is 2.25 bits per heavy atom. The molecule has 0 aliphatic heterocycles. The topological polar surface area (TPSA) is 41.1 Å². The summed E-state index contributed by atoms with van der Waals surface area (Å²) in [5.41, 5.74) is 3.68. The highest BCUT2D eigenvalue weighted by molar-refractivity contribution is 6.33. The molecule has 0 radical (unpaired) electrons. The second-order valence-corrected chi connectivity index (χ2v) is 7.16. The van der Waals surface area contributed by atoms with Crippen LogP contribution in [0.1, 0.15) is 29.7 Å². The van der Waals surface area contributed by atoms with E-state index in [1.165, 1.54) is 23.8 Å². The maximum Gasteiger partial charge on any atom is 0.241 e. The number of benzene rings is 3. The van der Waals surface area contributed by atoms with E-state index in [2.05, 4.69) is 34.9 Å². The SMILES string of the molecule is Cc1ccc([C@@H](N[C@@H](C)C(=O)Nc2ccc(F)cc2Cl)c2ccccc2)cc1. The highest BCUT2D eigenvalue weighted by atomic mass is 35.5. The van der Waals surface area contributed by atoms with Crippen LogP contribution in [0.2, 0.25) is 5.02 Å². The van der Waals surface area contributed by atoms with Gasteiger partial charge in [0, 0.05) is 0 Å². The van der Waals surface area contributed by atoms with E-state index in [1.54, 1.807) is 6.92 Å². The fraction of sp³-hybridized carbons (Fsp3) is 0.174. The Morgan fingerprint density at radius 2 is 1.61 bits per heavy atom. The molecule has 0 aromatic heterocycles. The van der Waals surface area contributed by atoms with Crippen molar-refractivity contribution in [2.45, 2.75) is 25.9 Å². The van der Waals surface area contributed by atoms with Crippen molar-refractivity contribution in [1.29, 1.82) is 0 Å². The Labute approximate surface area is 169 Å². The highest BCUT2D eigenvalue weighted by Gasteiger charge is 2.21. The number of aryl methyl sites for hydroxylation is 1. The smallest absolute Gasteiger partial charge is 0.241 e. The van der Waals surface area contributed by atoms with Gasteiger partial charge in [0.15, 0.2) is 0 Å². The molecule has 2 atom stereocenters. The maximum atomic E-state index is 13.2. The minimum Gasteiger partial charge on any atom is -0.323 e. The largest absolute Gasteiger partial charge is 0.323 e. The van der Waals surface area contributed by atoms with Gasteiger partial charge in [0.2, 0.25) is 5.91 Å². The van der Waals surface area contributed by atoms with Crippen molar-refractivity contribution in [3.63, 3.8) is 0 Å². The molecule has 3 rings (SSSR count). The van der Waals surface area contributed by atoms with Crippen LogP contribution >= 0.6 is 11.6 Å². The lowest BCUT2D eigenvalue weighted by Crippen LogP contribution is -2.40. The van der Waals surface area contributed by atoms with Gasteiger partial charge in [0.1, 0.15) is 5.82 Å². The molecule has 0 fully saturated rings. The molecule has 5 heteroatoms. The molecular formula is C23H22ClFN2O. The molecule has 144 valence electrons. The van der Waals surface area contributed by atoms with E-state index in [-0.39, 0.29) is 17.0 Å². The van der Waals surface area contributed by atoms with E-state index in [0.29, 0.717) is 5.69 Å². The van der Waals surface area contributed by atoms with Crippen molar-refractivity contribution in [2.75, 3.05) is 5.32 Å². The summed E-state index contributed by atoms with van der Waals surface area (Å²) in [5, 5.41) is 6.31. The predicted octanol–water partition coefficient (Wildman–Crippen LogP) is 5.49. The fourth-order valence-electron chi connectivity index (χ4n) is 2.95. The summed E-state index contributed by atoms with van der Waals surface area (Å²) in [5.74, 6) is -0.695. The predicted molar refractivity (Wildman–Crippen MR) is 112 cm³/mol. The Balaban J connectivity index is 1.79. The summed E-state index contributed by atoms with van der Waals surface area (Å²) in [6.07, 6.45) is 0. The molecular weight excluding hydrogens is 375 g/mol. The first kappa shape index (κ1) is 20.1. The van der Waals surface area contributed by atoms with Gasteiger partial charge < -0.3 is 5.32 Å². The van der Waals surface area contributed by atoms with Gasteiger partial charge in [-0.25, -0.2) is 4.39 Å². The summed E-state index contributed by atoms with van der Waals surface area (Å²) in [6, 6.07) is 21.4. The van der Waals surface area contributed by atoms with Crippen LogP contribution in [0.4, 0.5) is 10.1 Å². The minimum absolute atomic E-state index is 0.147. The molecule has 3 nitrogen and oxygen atoms in total. The number of nitrogens with one attached hydrogen (secondary N) is 2. The molecule has 0 heterocycles. The second-order valence-electron chi connectivity index (χ2n) is 6.76. The van der Waals surface area contributed by atoms with Crippen molar-refractivity contribution in [2.24, 2.45) is 0 Å². The molecule has 0 unspecified atom stereocenters. The van der Waals surface area contributed by atoms with Crippen LogP contribution in [0.25, 0.3) is 0 Å². The lowest BCUT2D eigenvalue weighted by molar-refractivity contribution is -0.117. The van der Waals surface area contributed by atoms with E-state index in [1.807, 2.05) is 37.3 Å². The standard InChI is InChI=1S/C23H22ClFN2O/c1-15-8-10-18(11-9-15)22(17-6-4-3-5-7-17)26-16(2)23(28)27-21-13-12-19(25)14-20(21)24/h3-14,16,22,26H,1-2H3,(H,27,28)/t16-,22-/m0/s1. The van der Waals surface area contributed by atoms with Gasteiger partial charge in [0.25, 0.3) is 0 Å². The van der Waals surface area contributed by atoms with Crippen LogP contribution in [-0.2, 0) is 4.79 Å². The fourth-order valence-corrected chi connectivity index (χ4v) is 3.16. The van der Waals surface area contributed by atoms with Gasteiger partial charge in [-0.2, -0.15) is 0 Å². The van der Waals surface area contributed by atoms with Crippen LogP contribution in [0.15, 0.2) is 72.8 Å². The van der Waals surface area contributed by atoms with Crippen molar-refractivity contribution in [1.82, 2.24) is 5.32 Å². The van der Waals surface area contributed by atoms with Crippen LogP contribution in [0, 0.1) is 12.7 Å². The Kier molecular flexibility index (Phi) is 6.45. The summed E-state index contributed by atoms with van der Waals surface area (Å²) in [7, 11) is 0. The van der Waals surface area contributed by atoms with E-state index >= 15 is 0 Å². The molecule has 2 N–H and O–H groups in total. The summed E-state index contributed by atoms with van der Waals surface area (Å²) in [6.45, 7) is 3.83. The molecule has 0 aliphatic carbocycles. The number of anilines is 1. The average molecular weight is 397 g/mol. The zero-order chi connectivity index (χ0) is 20.1. The number of rotatable bonds is 6. The molecule has 3 aromatic carbocycles. The summed E-state index contributed by atoms with van der Waals surface area (Å²) < 4.78 is 13.2. The van der Waals surface area contributed by atoms with E-state index in [0.717, 1.165) is 11.1 Å². The second kappa shape index (κ2) is 9.00. The summed E-state index contributed by atoms with van der Waals surface area (Å²) in [4.78, 5) is 12.7. The van der Waals surface area contributed by atoms with Crippen molar-refractivity contribution < 1.29 is 9.18 Å². The Morgan fingerprint density at radius 1 is 0.964 bits per heavy atom. The molecule has 0 aliphatic rings. The quantitative estimate of drug-likeness (QED) is 0.578. The third kappa shape index (κ3) is 4.97. The van der Waals surface area contributed by atoms with Crippen molar-refractivity contribution >= 4 is 23.2 Å². The molecule has 0 saturated heterocycles. The maximum absolute atomic E-state index is 13.2. The number of carbonyl (C=O) groups excluding carboxylic acids is 1. The molecule has 0 spiro atoms. The van der Waals surface area contributed by atoms with Crippen molar-refractivity contribution in [3.8, 4) is 0 Å². The lowest BCUT2D eigenvalue weighted by atomic mass is 9.97. The van der Waals surface area contributed by atoms with E-state index in [9.17, 15) is 9.18 Å². The molecule has 0 saturated carbocycles. The number of hydrogen-bond donors (Lipinski definition) is 2. The monoisotopic (exact) mass is 396 g/mol. The number of amides is 1. The van der Waals surface area contributed by atoms with Crippen LogP contribution < -0.4 is 10.6 Å². The van der Waals surface area contributed by atoms with E-state index in [4.69, 9.17) is 11.6 Å². The first-order valence-electron chi connectivity index (χ1n) is 9.07. The normalized spacial score (nSPS) is 13.0. The highest BCUT2D eigenvalue weighted by Crippen LogP contribution is 2.25. The first-order valence-corrected chi connectivity index (χ1v) is 9.45. The number of carbonyl (C=O) groups is 1. The zero-order valence-corrected chi connectivity index (χ0v) is 16.5. The molecule has 28 heavy (non-hydrogen) atoms. The molecule has 1 amide bonds. The first-order chi connectivity index (χ1) is 13.4. The van der Waals surface area contributed by atoms with E-state index < -0.39 is 11.9 Å². The van der Waals surface area contributed by atoms with Gasteiger partial charge in [-0.05, 0) is 43.2 Å². The average Bonchev–Trinajstić information content (AvgIpc) is 2.69. The third-order valence-electron chi connectivity index (χ3n) is 4.54. The third-order valence-corrected chi connectivity index (χ3v) is 4.86. The summed E-state index contributed by atoms with van der Waals surface area (Å²) >= 11 is 6.02. The number of hydrogen-bond acceptors (Lipinski definition) is 2. The van der Waals surface area contributed by atoms with Gasteiger partial charge >= 0.3 is 0 Å². The minimum atomic E-state index is -0.507. The number of halogens is 2. The lowest BCUT2D eigenvalue weighted by Gasteiger charge is -2.24. The molecule has 3 aromatic rings. The van der Waals surface area contributed by atoms with Gasteiger partial charge in [-0.1, -0.05) is 71.8 Å². The molecule has 0 bridgehead atoms. The Bertz CT molecular complexity index is 945. The van der Waals surface area contributed by atoms with Crippen LogP contribution in [0.3, 0.4) is 0 Å². The van der Waals surface area contributed by atoms with Gasteiger partial charge in [-0.3, -0.25) is 10.1 Å². The zero-order valence-electron chi connectivity index (χ0n) is 15.7. The van der Waals surface area contributed by atoms with Gasteiger partial charge in [-0.15, -0.1) is 0 Å². The van der Waals surface area contributed by atoms with Crippen LogP contribution in [-0.4, -0.2) is 11.9 Å². The van der Waals surface area contributed by atoms with Gasteiger partial charge in [0.05, 0.1) is 22.8 Å². The Hall–Kier alpha value is -2.69. The van der Waals surface area contributed by atoms with Crippen molar-refractivity contribution in [3.05, 3.63) is 100 Å². The van der Waals surface area contributed by atoms with Crippen LogP contribution in [0.5, 0.6) is 0 Å².